The molecule has 43 heavy (non-hydrogen) atoms. The summed E-state index contributed by atoms with van der Waals surface area (Å²) < 4.78 is 235. The molecule has 0 heterocycles. The number of carbonyl (C=O) groups excluding carboxylic acids is 1. The summed E-state index contributed by atoms with van der Waals surface area (Å²) in [4.78, 5) is 11.8. The lowest BCUT2D eigenvalue weighted by Crippen LogP contribution is -2.72. The Labute approximate surface area is 226 Å². The van der Waals surface area contributed by atoms with E-state index in [0.717, 1.165) is 12.1 Å². The standard InChI is InChI=1S/C22H10F17NO3/c23-13(14(24)42-12-8-4-5-10(9-12)40-15(41)43-11-6-2-1-3-7-11)16(25,26)17(27,28)18(29,30)19(31,32)20(33,34)21(35,36)22(37,38)39/h1-9H,(H,40,41). The Morgan fingerprint density at radius 2 is 1.02 bits per heavy atom. The van der Waals surface area contributed by atoms with Crippen LogP contribution in [0.4, 0.5) is 85.1 Å². The Morgan fingerprint density at radius 3 is 1.53 bits per heavy atom. The number of benzene rings is 2. The number of halogens is 17. The van der Waals surface area contributed by atoms with E-state index in [-0.39, 0.29) is 5.75 Å². The number of hydrogen-bond acceptors (Lipinski definition) is 3. The summed E-state index contributed by atoms with van der Waals surface area (Å²) >= 11 is 0. The SMILES string of the molecule is O=C(Nc1cccc(OC(F)=C(F)C(F)(F)C(F)(F)C(F)(F)C(F)(F)C(F)(F)C(F)(F)C(F)(F)F)c1)Oc1ccccc1. The van der Waals surface area contributed by atoms with E-state index in [1.165, 1.54) is 30.3 Å². The number of carbonyl (C=O) groups is 1. The summed E-state index contributed by atoms with van der Waals surface area (Å²) in [6.45, 7) is 0. The predicted octanol–water partition coefficient (Wildman–Crippen LogP) is 9.16. The normalized spacial score (nSPS) is 14.6. The van der Waals surface area contributed by atoms with Gasteiger partial charge in [-0.1, -0.05) is 24.3 Å². The minimum absolute atomic E-state index is 0.0334. The number of anilines is 1. The van der Waals surface area contributed by atoms with Crippen molar-refractivity contribution < 1.29 is 88.9 Å². The van der Waals surface area contributed by atoms with E-state index < -0.39 is 71.1 Å². The number of rotatable bonds is 10. The molecule has 21 heteroatoms. The van der Waals surface area contributed by atoms with Crippen LogP contribution in [0, 0.1) is 0 Å². The molecule has 0 unspecified atom stereocenters. The quantitative estimate of drug-likeness (QED) is 0.205. The van der Waals surface area contributed by atoms with Crippen molar-refractivity contribution >= 4 is 11.8 Å². The lowest BCUT2D eigenvalue weighted by atomic mass is 9.91. The second kappa shape index (κ2) is 11.3. The third kappa shape index (κ3) is 6.10. The van der Waals surface area contributed by atoms with Gasteiger partial charge in [0, 0.05) is 11.8 Å². The van der Waals surface area contributed by atoms with E-state index in [2.05, 4.69) is 4.74 Å². The van der Waals surface area contributed by atoms with E-state index >= 15 is 0 Å². The van der Waals surface area contributed by atoms with E-state index in [9.17, 15) is 79.4 Å². The molecule has 2 rings (SSSR count). The van der Waals surface area contributed by atoms with Crippen LogP contribution in [-0.4, -0.2) is 47.8 Å². The van der Waals surface area contributed by atoms with Crippen molar-refractivity contribution in [3.63, 3.8) is 0 Å². The van der Waals surface area contributed by atoms with Gasteiger partial charge in [0.1, 0.15) is 11.5 Å². The molecule has 0 atom stereocenters. The fourth-order valence-corrected chi connectivity index (χ4v) is 2.75. The van der Waals surface area contributed by atoms with Crippen molar-refractivity contribution in [3.05, 3.63) is 66.4 Å². The van der Waals surface area contributed by atoms with Crippen LogP contribution in [0.2, 0.25) is 0 Å². The minimum Gasteiger partial charge on any atom is -0.430 e. The number of alkyl halides is 15. The first-order valence-corrected chi connectivity index (χ1v) is 10.5. The zero-order chi connectivity index (χ0) is 33.4. The van der Waals surface area contributed by atoms with Crippen LogP contribution in [0.1, 0.15) is 0 Å². The Balaban J connectivity index is 2.39. The number of nitrogens with one attached hydrogen (secondary N) is 1. The van der Waals surface area contributed by atoms with Crippen LogP contribution in [0.25, 0.3) is 0 Å². The summed E-state index contributed by atoms with van der Waals surface area (Å²) in [7, 11) is 0. The van der Waals surface area contributed by atoms with Crippen LogP contribution >= 0.6 is 0 Å². The predicted molar refractivity (Wildman–Crippen MR) is 108 cm³/mol. The van der Waals surface area contributed by atoms with Crippen LogP contribution in [0.3, 0.4) is 0 Å². The summed E-state index contributed by atoms with van der Waals surface area (Å²) in [5.41, 5.74) is -0.484. The van der Waals surface area contributed by atoms with Gasteiger partial charge >= 0.3 is 53.8 Å². The molecule has 2 aromatic rings. The third-order valence-corrected chi connectivity index (χ3v) is 5.02. The van der Waals surface area contributed by atoms with E-state index in [1.807, 2.05) is 5.32 Å². The van der Waals surface area contributed by atoms with Gasteiger partial charge in [-0.3, -0.25) is 5.32 Å². The molecule has 0 saturated heterocycles. The molecular weight excluding hydrogens is 649 g/mol. The molecule has 240 valence electrons. The maximum absolute atomic E-state index is 14.0. The Hall–Kier alpha value is -3.94. The highest BCUT2D eigenvalue weighted by Gasteiger charge is 2.93. The average Bonchev–Trinajstić information content (AvgIpc) is 2.87. The molecule has 1 amide bonds. The monoisotopic (exact) mass is 659 g/mol. The Bertz CT molecular complexity index is 1340. The smallest absolute Gasteiger partial charge is 0.430 e. The van der Waals surface area contributed by atoms with Gasteiger partial charge in [-0.25, -0.2) is 4.79 Å². The van der Waals surface area contributed by atoms with Crippen LogP contribution in [0.15, 0.2) is 66.4 Å². The van der Waals surface area contributed by atoms with E-state index in [0.29, 0.717) is 12.1 Å². The van der Waals surface area contributed by atoms with Crippen LogP contribution in [0.5, 0.6) is 11.5 Å². The van der Waals surface area contributed by atoms with Crippen molar-refractivity contribution in [1.82, 2.24) is 0 Å². The summed E-state index contributed by atoms with van der Waals surface area (Å²) in [5, 5.41) is 1.92. The first-order valence-electron chi connectivity index (χ1n) is 10.5. The van der Waals surface area contributed by atoms with Crippen molar-refractivity contribution in [2.45, 2.75) is 41.7 Å². The van der Waals surface area contributed by atoms with Crippen LogP contribution < -0.4 is 14.8 Å². The third-order valence-electron chi connectivity index (χ3n) is 5.02. The minimum atomic E-state index is -8.68. The second-order valence-corrected chi connectivity index (χ2v) is 7.99. The summed E-state index contributed by atoms with van der Waals surface area (Å²) in [5.74, 6) is -55.8. The van der Waals surface area contributed by atoms with E-state index in [1.54, 1.807) is 0 Å². The van der Waals surface area contributed by atoms with Crippen molar-refractivity contribution in [2.75, 3.05) is 5.32 Å². The highest BCUT2D eigenvalue weighted by molar-refractivity contribution is 5.86. The average molecular weight is 659 g/mol. The van der Waals surface area contributed by atoms with Crippen molar-refractivity contribution in [1.29, 1.82) is 0 Å². The molecule has 0 aliphatic heterocycles. The molecule has 2 aromatic carbocycles. The zero-order valence-corrected chi connectivity index (χ0v) is 19.8. The molecule has 0 radical (unpaired) electrons. The first kappa shape index (κ1) is 35.3. The topological polar surface area (TPSA) is 47.6 Å². The molecule has 0 aliphatic carbocycles. The maximum Gasteiger partial charge on any atom is 0.460 e. The molecule has 1 N–H and O–H groups in total. The van der Waals surface area contributed by atoms with Crippen molar-refractivity contribution in [3.8, 4) is 11.5 Å². The molecule has 0 saturated carbocycles. The van der Waals surface area contributed by atoms with Crippen LogP contribution in [-0.2, 0) is 0 Å². The van der Waals surface area contributed by atoms with Gasteiger partial charge in [0.15, 0.2) is 0 Å². The van der Waals surface area contributed by atoms with Gasteiger partial charge in [-0.2, -0.15) is 74.6 Å². The van der Waals surface area contributed by atoms with Gasteiger partial charge < -0.3 is 9.47 Å². The summed E-state index contributed by atoms with van der Waals surface area (Å²) in [6.07, 6.45) is -9.09. The molecule has 0 aliphatic rings. The molecule has 0 fully saturated rings. The first-order chi connectivity index (χ1) is 19.3. The lowest BCUT2D eigenvalue weighted by molar-refractivity contribution is -0.451. The summed E-state index contributed by atoms with van der Waals surface area (Å²) in [6, 6.07) is 6.02. The molecule has 0 aromatic heterocycles. The molecule has 0 spiro atoms. The number of amides is 1. The Kier molecular flexibility index (Phi) is 9.25. The van der Waals surface area contributed by atoms with Gasteiger partial charge in [-0.05, 0) is 24.3 Å². The number of para-hydroxylation sites is 1. The highest BCUT2D eigenvalue weighted by atomic mass is 19.4. The highest BCUT2D eigenvalue weighted by Crippen LogP contribution is 2.63. The largest absolute Gasteiger partial charge is 0.460 e. The van der Waals surface area contributed by atoms with Gasteiger partial charge in [-0.15, -0.1) is 0 Å². The number of hydrogen-bond donors (Lipinski definition) is 1. The Morgan fingerprint density at radius 1 is 0.558 bits per heavy atom. The maximum atomic E-state index is 14.0. The zero-order valence-electron chi connectivity index (χ0n) is 19.8. The van der Waals surface area contributed by atoms with Gasteiger partial charge in [0.05, 0.1) is 0 Å². The van der Waals surface area contributed by atoms with E-state index in [4.69, 9.17) is 4.74 Å². The number of allylic oxidation sites excluding steroid dienone is 1. The molecular formula is C22H10F17NO3. The molecule has 0 bridgehead atoms. The fourth-order valence-electron chi connectivity index (χ4n) is 2.75. The van der Waals surface area contributed by atoms with Gasteiger partial charge in [0.25, 0.3) is 0 Å². The molecule has 4 nitrogen and oxygen atoms in total. The van der Waals surface area contributed by atoms with Crippen molar-refractivity contribution in [2.24, 2.45) is 0 Å². The lowest BCUT2D eigenvalue weighted by Gasteiger charge is -2.41. The fraction of sp³-hybridized carbons (Fsp3) is 0.318. The number of ether oxygens (including phenoxy) is 2. The second-order valence-electron chi connectivity index (χ2n) is 7.99. The van der Waals surface area contributed by atoms with Gasteiger partial charge in [0.2, 0.25) is 5.83 Å².